The maximum absolute atomic E-state index is 13.4. The molecule has 1 saturated carbocycles. The molecule has 4 rings (SSSR count). The molecule has 0 saturated heterocycles. The quantitative estimate of drug-likeness (QED) is 0.704. The van der Waals surface area contributed by atoms with Crippen molar-refractivity contribution in [2.75, 3.05) is 11.9 Å². The number of hydrogen-bond acceptors (Lipinski definition) is 2. The number of nitrogens with zero attached hydrogens (tertiary/aromatic N) is 1. The number of benzene rings is 2. The van der Waals surface area contributed by atoms with Gasteiger partial charge in [0.15, 0.2) is 0 Å². The third kappa shape index (κ3) is 4.14. The molecule has 28 heavy (non-hydrogen) atoms. The summed E-state index contributed by atoms with van der Waals surface area (Å²) in [5.74, 6) is 0.369. The highest BCUT2D eigenvalue weighted by atomic mass is 79.9. The van der Waals surface area contributed by atoms with Crippen LogP contribution in [0.3, 0.4) is 0 Å². The Balaban J connectivity index is 1.73. The first kappa shape index (κ1) is 19.2. The lowest BCUT2D eigenvalue weighted by molar-refractivity contribution is -0.137. The van der Waals surface area contributed by atoms with E-state index in [0.717, 1.165) is 34.1 Å². The van der Waals surface area contributed by atoms with Crippen molar-refractivity contribution in [3.8, 4) is 0 Å². The Bertz CT molecular complexity index is 862. The van der Waals surface area contributed by atoms with Crippen molar-refractivity contribution >= 4 is 33.4 Å². The molecule has 1 aliphatic heterocycles. The zero-order valence-electron chi connectivity index (χ0n) is 15.9. The Hall–Kier alpha value is -2.14. The number of halogens is 1. The van der Waals surface area contributed by atoms with Crippen molar-refractivity contribution in [1.82, 2.24) is 4.90 Å². The number of rotatable bonds is 3. The van der Waals surface area contributed by atoms with E-state index in [1.54, 1.807) is 4.90 Å². The standard InChI is InChI=1S/C23H25BrN2O2/c24-18-11-12-20-19(14-18)23(17-9-5-2-6-10-17)26(15-21(27)25-20)22(28)13-16-7-3-1-4-8-16/h2,5-6,9-12,14,16,23H,1,3-4,7-8,13,15H2,(H,25,27)/t23-/m1/s1. The maximum Gasteiger partial charge on any atom is 0.244 e. The average Bonchev–Trinajstić information content (AvgIpc) is 2.85. The summed E-state index contributed by atoms with van der Waals surface area (Å²) in [5.41, 5.74) is 2.74. The third-order valence-electron chi connectivity index (χ3n) is 5.83. The number of carbonyl (C=O) groups excluding carboxylic acids is 2. The first-order valence-corrected chi connectivity index (χ1v) is 10.8. The van der Waals surface area contributed by atoms with Gasteiger partial charge in [-0.25, -0.2) is 0 Å². The van der Waals surface area contributed by atoms with Gasteiger partial charge < -0.3 is 10.2 Å². The van der Waals surface area contributed by atoms with Crippen LogP contribution in [0.25, 0.3) is 0 Å². The SMILES string of the molecule is O=C1CN(C(=O)CC2CCCCC2)[C@H](c2ccccc2)c2cc(Br)ccc2N1. The number of anilines is 1. The molecule has 1 aliphatic carbocycles. The van der Waals surface area contributed by atoms with Gasteiger partial charge >= 0.3 is 0 Å². The van der Waals surface area contributed by atoms with Crippen molar-refractivity contribution in [3.05, 3.63) is 64.1 Å². The van der Waals surface area contributed by atoms with Gasteiger partial charge in [0.05, 0.1) is 6.04 Å². The minimum Gasteiger partial charge on any atom is -0.324 e. The molecular weight excluding hydrogens is 416 g/mol. The molecule has 2 amide bonds. The summed E-state index contributed by atoms with van der Waals surface area (Å²) in [6.07, 6.45) is 6.44. The Morgan fingerprint density at radius 1 is 1.07 bits per heavy atom. The Labute approximate surface area is 174 Å². The van der Waals surface area contributed by atoms with Crippen LogP contribution in [0.2, 0.25) is 0 Å². The second-order valence-corrected chi connectivity index (χ2v) is 8.74. The third-order valence-corrected chi connectivity index (χ3v) is 6.32. The zero-order chi connectivity index (χ0) is 19.5. The predicted octanol–water partition coefficient (Wildman–Crippen LogP) is 5.29. The molecule has 4 nitrogen and oxygen atoms in total. The van der Waals surface area contributed by atoms with E-state index in [-0.39, 0.29) is 24.4 Å². The van der Waals surface area contributed by atoms with Crippen LogP contribution in [0.5, 0.6) is 0 Å². The molecule has 0 radical (unpaired) electrons. The van der Waals surface area contributed by atoms with E-state index in [2.05, 4.69) is 21.2 Å². The summed E-state index contributed by atoms with van der Waals surface area (Å²) >= 11 is 3.55. The van der Waals surface area contributed by atoms with Crippen LogP contribution in [-0.2, 0) is 9.59 Å². The maximum atomic E-state index is 13.4. The van der Waals surface area contributed by atoms with Crippen LogP contribution in [0.1, 0.15) is 55.7 Å². The molecule has 1 N–H and O–H groups in total. The molecule has 1 atom stereocenters. The van der Waals surface area contributed by atoms with E-state index in [0.29, 0.717) is 12.3 Å². The smallest absolute Gasteiger partial charge is 0.244 e. The summed E-state index contributed by atoms with van der Waals surface area (Å²) in [7, 11) is 0. The van der Waals surface area contributed by atoms with E-state index >= 15 is 0 Å². The van der Waals surface area contributed by atoms with Crippen molar-refractivity contribution in [2.24, 2.45) is 5.92 Å². The topological polar surface area (TPSA) is 49.4 Å². The highest BCUT2D eigenvalue weighted by Gasteiger charge is 2.34. The highest BCUT2D eigenvalue weighted by molar-refractivity contribution is 9.10. The van der Waals surface area contributed by atoms with Crippen molar-refractivity contribution in [1.29, 1.82) is 0 Å². The summed E-state index contributed by atoms with van der Waals surface area (Å²) in [6, 6.07) is 15.6. The van der Waals surface area contributed by atoms with Gasteiger partial charge in [0, 0.05) is 22.1 Å². The molecule has 0 aromatic heterocycles. The van der Waals surface area contributed by atoms with Crippen LogP contribution in [0, 0.1) is 5.92 Å². The van der Waals surface area contributed by atoms with Gasteiger partial charge in [0.2, 0.25) is 11.8 Å². The van der Waals surface area contributed by atoms with Crippen LogP contribution in [0.15, 0.2) is 53.0 Å². The first-order valence-electron chi connectivity index (χ1n) is 10.1. The molecule has 0 bridgehead atoms. The van der Waals surface area contributed by atoms with Gasteiger partial charge in [-0.1, -0.05) is 65.5 Å². The predicted molar refractivity (Wildman–Crippen MR) is 114 cm³/mol. The molecule has 1 heterocycles. The fourth-order valence-corrected chi connectivity index (χ4v) is 4.84. The number of fused-ring (bicyclic) bond motifs is 1. The molecular formula is C23H25BrN2O2. The first-order chi connectivity index (χ1) is 13.6. The number of carbonyl (C=O) groups is 2. The van der Waals surface area contributed by atoms with Crippen LogP contribution >= 0.6 is 15.9 Å². The van der Waals surface area contributed by atoms with Crippen molar-refractivity contribution < 1.29 is 9.59 Å². The fraction of sp³-hybridized carbons (Fsp3) is 0.391. The highest BCUT2D eigenvalue weighted by Crippen LogP contribution is 2.38. The summed E-state index contributed by atoms with van der Waals surface area (Å²) < 4.78 is 0.933. The summed E-state index contributed by atoms with van der Waals surface area (Å²) in [5, 5.41) is 2.98. The molecule has 0 unspecified atom stereocenters. The Morgan fingerprint density at radius 2 is 1.82 bits per heavy atom. The largest absolute Gasteiger partial charge is 0.324 e. The number of hydrogen-bond donors (Lipinski definition) is 1. The van der Waals surface area contributed by atoms with E-state index in [1.165, 1.54) is 19.3 Å². The lowest BCUT2D eigenvalue weighted by Crippen LogP contribution is -2.39. The van der Waals surface area contributed by atoms with Gasteiger partial charge in [-0.3, -0.25) is 9.59 Å². The second kappa shape index (κ2) is 8.48. The van der Waals surface area contributed by atoms with Gasteiger partial charge in [0.25, 0.3) is 0 Å². The van der Waals surface area contributed by atoms with Crippen molar-refractivity contribution in [3.63, 3.8) is 0 Å². The van der Waals surface area contributed by atoms with Gasteiger partial charge in [0.1, 0.15) is 6.54 Å². The monoisotopic (exact) mass is 440 g/mol. The lowest BCUT2D eigenvalue weighted by atomic mass is 9.86. The molecule has 2 aromatic rings. The van der Waals surface area contributed by atoms with Gasteiger partial charge in [-0.2, -0.15) is 0 Å². The Kier molecular flexibility index (Phi) is 5.81. The van der Waals surface area contributed by atoms with Crippen LogP contribution in [-0.4, -0.2) is 23.3 Å². The minimum absolute atomic E-state index is 0.0729. The number of nitrogens with one attached hydrogen (secondary N) is 1. The average molecular weight is 441 g/mol. The normalized spacial score (nSPS) is 20.2. The number of amides is 2. The zero-order valence-corrected chi connectivity index (χ0v) is 17.5. The van der Waals surface area contributed by atoms with Crippen molar-refractivity contribution in [2.45, 2.75) is 44.6 Å². The minimum atomic E-state index is -0.274. The summed E-state index contributed by atoms with van der Waals surface area (Å²) in [4.78, 5) is 27.8. The van der Waals surface area contributed by atoms with Gasteiger partial charge in [-0.15, -0.1) is 0 Å². The molecule has 1 fully saturated rings. The lowest BCUT2D eigenvalue weighted by Gasteiger charge is -2.32. The molecule has 146 valence electrons. The second-order valence-electron chi connectivity index (χ2n) is 7.82. The fourth-order valence-electron chi connectivity index (χ4n) is 4.46. The van der Waals surface area contributed by atoms with Gasteiger partial charge in [-0.05, 0) is 42.5 Å². The summed E-state index contributed by atoms with van der Waals surface area (Å²) in [6.45, 7) is 0.0808. The molecule has 5 heteroatoms. The molecule has 2 aromatic carbocycles. The van der Waals surface area contributed by atoms with E-state index < -0.39 is 0 Å². The van der Waals surface area contributed by atoms with Crippen LogP contribution in [0.4, 0.5) is 5.69 Å². The van der Waals surface area contributed by atoms with Crippen LogP contribution < -0.4 is 5.32 Å². The molecule has 0 spiro atoms. The van der Waals surface area contributed by atoms with E-state index in [9.17, 15) is 9.59 Å². The van der Waals surface area contributed by atoms with E-state index in [1.807, 2.05) is 48.5 Å². The Morgan fingerprint density at radius 3 is 2.57 bits per heavy atom. The van der Waals surface area contributed by atoms with E-state index in [4.69, 9.17) is 0 Å². The molecule has 2 aliphatic rings.